The van der Waals surface area contributed by atoms with Crippen molar-refractivity contribution in [3.63, 3.8) is 0 Å². The average Bonchev–Trinajstić information content (AvgIpc) is 3.27. The number of rotatable bonds is 6. The Morgan fingerprint density at radius 3 is 2.25 bits per heavy atom. The van der Waals surface area contributed by atoms with Crippen LogP contribution < -0.4 is 4.72 Å². The van der Waals surface area contributed by atoms with E-state index in [9.17, 15) is 31.2 Å². The van der Waals surface area contributed by atoms with Gasteiger partial charge in [0.05, 0.1) is 15.5 Å². The van der Waals surface area contributed by atoms with Gasteiger partial charge in [-0.2, -0.15) is 13.2 Å². The maximum atomic E-state index is 13.0. The molecule has 1 heterocycles. The van der Waals surface area contributed by atoms with Gasteiger partial charge in [-0.25, -0.2) is 13.1 Å². The molecule has 1 N–H and O–H groups in total. The molecule has 1 aliphatic heterocycles. The highest BCUT2D eigenvalue weighted by Gasteiger charge is 2.35. The van der Waals surface area contributed by atoms with E-state index in [4.69, 9.17) is 11.6 Å². The highest BCUT2D eigenvalue weighted by atomic mass is 35.5. The summed E-state index contributed by atoms with van der Waals surface area (Å²) in [5.74, 6) is -0.0614. The SMILES string of the molecule is O=C(CCNS(=O)(=O)c1ccc(Cl)c(C(F)(F)F)c1)N1CCN(C(=O)C2CCCC2)CC1. The number of carbonyl (C=O) groups excluding carboxylic acids is 2. The van der Waals surface area contributed by atoms with Crippen LogP contribution in [0.3, 0.4) is 0 Å². The Hall–Kier alpha value is -1.85. The van der Waals surface area contributed by atoms with E-state index in [1.165, 1.54) is 0 Å². The van der Waals surface area contributed by atoms with E-state index in [0.29, 0.717) is 32.2 Å². The molecule has 0 unspecified atom stereocenters. The molecule has 1 aromatic carbocycles. The van der Waals surface area contributed by atoms with Gasteiger partial charge in [0.1, 0.15) is 0 Å². The van der Waals surface area contributed by atoms with Gasteiger partial charge in [0, 0.05) is 45.1 Å². The minimum absolute atomic E-state index is 0.0809. The smallest absolute Gasteiger partial charge is 0.339 e. The molecular weight excluding hydrogens is 471 g/mol. The van der Waals surface area contributed by atoms with Crippen molar-refractivity contribution in [3.8, 4) is 0 Å². The summed E-state index contributed by atoms with van der Waals surface area (Å²) in [6.45, 7) is 1.37. The fraction of sp³-hybridized carbons (Fsp3) is 0.600. The number of alkyl halides is 3. The lowest BCUT2D eigenvalue weighted by molar-refractivity contribution is -0.142. The zero-order valence-corrected chi connectivity index (χ0v) is 18.9. The summed E-state index contributed by atoms with van der Waals surface area (Å²) in [6, 6.07) is 2.31. The van der Waals surface area contributed by atoms with Gasteiger partial charge in [0.25, 0.3) is 0 Å². The number of sulfonamides is 1. The molecule has 12 heteroatoms. The molecule has 1 aromatic rings. The van der Waals surface area contributed by atoms with Crippen LogP contribution in [0, 0.1) is 5.92 Å². The van der Waals surface area contributed by atoms with E-state index in [1.54, 1.807) is 9.80 Å². The van der Waals surface area contributed by atoms with Crippen LogP contribution >= 0.6 is 11.6 Å². The summed E-state index contributed by atoms with van der Waals surface area (Å²) in [7, 11) is -4.25. The second kappa shape index (κ2) is 9.96. The predicted molar refractivity (Wildman–Crippen MR) is 111 cm³/mol. The first-order valence-corrected chi connectivity index (χ1v) is 12.3. The monoisotopic (exact) mass is 495 g/mol. The molecule has 0 radical (unpaired) electrons. The fourth-order valence-corrected chi connectivity index (χ4v) is 5.31. The molecule has 0 atom stereocenters. The highest BCUT2D eigenvalue weighted by Crippen LogP contribution is 2.35. The van der Waals surface area contributed by atoms with E-state index < -0.39 is 31.7 Å². The maximum Gasteiger partial charge on any atom is 0.417 e. The van der Waals surface area contributed by atoms with Gasteiger partial charge < -0.3 is 9.80 Å². The molecule has 178 valence electrons. The third-order valence-corrected chi connectivity index (χ3v) is 7.62. The van der Waals surface area contributed by atoms with Crippen molar-refractivity contribution in [2.75, 3.05) is 32.7 Å². The molecule has 2 fully saturated rings. The quantitative estimate of drug-likeness (QED) is 0.657. The number of carbonyl (C=O) groups is 2. The number of halogens is 4. The second-order valence-electron chi connectivity index (χ2n) is 7.97. The Kier molecular flexibility index (Phi) is 7.72. The third kappa shape index (κ3) is 5.93. The maximum absolute atomic E-state index is 13.0. The van der Waals surface area contributed by atoms with Crippen molar-refractivity contribution >= 4 is 33.4 Å². The van der Waals surface area contributed by atoms with Gasteiger partial charge in [-0.1, -0.05) is 24.4 Å². The summed E-state index contributed by atoms with van der Waals surface area (Å²) < 4.78 is 65.7. The largest absolute Gasteiger partial charge is 0.417 e. The van der Waals surface area contributed by atoms with Crippen LogP contribution in [0.15, 0.2) is 23.1 Å². The van der Waals surface area contributed by atoms with Crippen molar-refractivity contribution in [2.45, 2.75) is 43.2 Å². The van der Waals surface area contributed by atoms with Gasteiger partial charge in [0.15, 0.2) is 0 Å². The zero-order chi connectivity index (χ0) is 23.5. The Morgan fingerprint density at radius 2 is 1.66 bits per heavy atom. The molecule has 2 amide bonds. The van der Waals surface area contributed by atoms with Crippen LogP contribution in [0.5, 0.6) is 0 Å². The predicted octanol–water partition coefficient (Wildman–Crippen LogP) is 2.89. The van der Waals surface area contributed by atoms with E-state index >= 15 is 0 Å². The van der Waals surface area contributed by atoms with Crippen molar-refractivity contribution in [1.29, 1.82) is 0 Å². The van der Waals surface area contributed by atoms with Gasteiger partial charge in [-0.3, -0.25) is 9.59 Å². The van der Waals surface area contributed by atoms with E-state index in [1.807, 2.05) is 0 Å². The van der Waals surface area contributed by atoms with E-state index in [-0.39, 0.29) is 30.7 Å². The lowest BCUT2D eigenvalue weighted by atomic mass is 10.1. The van der Waals surface area contributed by atoms with Crippen LogP contribution in [0.1, 0.15) is 37.7 Å². The lowest BCUT2D eigenvalue weighted by Gasteiger charge is -2.36. The Bertz CT molecular complexity index is 957. The number of nitrogens with one attached hydrogen (secondary N) is 1. The first-order valence-electron chi connectivity index (χ1n) is 10.4. The van der Waals surface area contributed by atoms with Gasteiger partial charge >= 0.3 is 6.18 Å². The Balaban J connectivity index is 1.49. The van der Waals surface area contributed by atoms with Crippen LogP contribution in [-0.2, 0) is 25.8 Å². The van der Waals surface area contributed by atoms with Crippen LogP contribution in [0.4, 0.5) is 13.2 Å². The first-order chi connectivity index (χ1) is 15.0. The molecule has 32 heavy (non-hydrogen) atoms. The molecule has 0 bridgehead atoms. The molecule has 3 rings (SSSR count). The van der Waals surface area contributed by atoms with Crippen LogP contribution in [0.25, 0.3) is 0 Å². The molecule has 0 spiro atoms. The normalized spacial score (nSPS) is 18.2. The molecule has 7 nitrogen and oxygen atoms in total. The number of piperazine rings is 1. The topological polar surface area (TPSA) is 86.8 Å². The number of nitrogens with zero attached hydrogens (tertiary/aromatic N) is 2. The summed E-state index contributed by atoms with van der Waals surface area (Å²) in [5, 5.41) is -0.600. The zero-order valence-electron chi connectivity index (χ0n) is 17.3. The lowest BCUT2D eigenvalue weighted by Crippen LogP contribution is -2.52. The van der Waals surface area contributed by atoms with Gasteiger partial charge in [-0.15, -0.1) is 0 Å². The van der Waals surface area contributed by atoms with Crippen LogP contribution in [-0.4, -0.2) is 62.8 Å². The molecule has 1 aliphatic carbocycles. The summed E-state index contributed by atoms with van der Waals surface area (Å²) >= 11 is 5.52. The number of benzene rings is 1. The van der Waals surface area contributed by atoms with Crippen LogP contribution in [0.2, 0.25) is 5.02 Å². The molecular formula is C20H25ClF3N3O4S. The van der Waals surface area contributed by atoms with Crippen molar-refractivity contribution in [2.24, 2.45) is 5.92 Å². The van der Waals surface area contributed by atoms with Crippen molar-refractivity contribution in [1.82, 2.24) is 14.5 Å². The molecule has 1 saturated heterocycles. The number of amides is 2. The van der Waals surface area contributed by atoms with Gasteiger partial charge in [0.2, 0.25) is 21.8 Å². The number of hydrogen-bond donors (Lipinski definition) is 1. The highest BCUT2D eigenvalue weighted by molar-refractivity contribution is 7.89. The molecule has 1 saturated carbocycles. The van der Waals surface area contributed by atoms with Crippen molar-refractivity contribution in [3.05, 3.63) is 28.8 Å². The first kappa shape index (κ1) is 24.8. The summed E-state index contributed by atoms with van der Waals surface area (Å²) in [5.41, 5.74) is -1.25. The summed E-state index contributed by atoms with van der Waals surface area (Å²) in [6.07, 6.45) is -0.974. The number of hydrogen-bond acceptors (Lipinski definition) is 4. The van der Waals surface area contributed by atoms with E-state index in [2.05, 4.69) is 4.72 Å². The Labute approximate surface area is 189 Å². The van der Waals surface area contributed by atoms with Gasteiger partial charge in [-0.05, 0) is 31.0 Å². The minimum atomic E-state index is -4.79. The fourth-order valence-electron chi connectivity index (χ4n) is 4.03. The standard InChI is InChI=1S/C20H25ClF3N3O4S/c21-17-6-5-15(13-16(17)20(22,23)24)32(30,31)25-8-7-18(28)26-9-11-27(12-10-26)19(29)14-3-1-2-4-14/h5-6,13-14,25H,1-4,7-12H2. The average molecular weight is 496 g/mol. The van der Waals surface area contributed by atoms with Crippen molar-refractivity contribution < 1.29 is 31.2 Å². The molecule has 0 aromatic heterocycles. The minimum Gasteiger partial charge on any atom is -0.339 e. The summed E-state index contributed by atoms with van der Waals surface area (Å²) in [4.78, 5) is 27.6. The van der Waals surface area contributed by atoms with E-state index in [0.717, 1.165) is 37.8 Å². The Morgan fingerprint density at radius 1 is 1.06 bits per heavy atom. The third-order valence-electron chi connectivity index (χ3n) is 5.83. The molecule has 2 aliphatic rings. The second-order valence-corrected chi connectivity index (χ2v) is 10.1.